The first kappa shape index (κ1) is 18.2. The average molecular weight is 346 g/mol. The lowest BCUT2D eigenvalue weighted by Gasteiger charge is -2.35. The van der Waals surface area contributed by atoms with Crippen molar-refractivity contribution < 1.29 is 14.6 Å². The number of hydrogen-bond donors (Lipinski definition) is 1. The van der Waals surface area contributed by atoms with Gasteiger partial charge in [0.2, 0.25) is 0 Å². The molecule has 2 aliphatic rings. The summed E-state index contributed by atoms with van der Waals surface area (Å²) in [6.07, 6.45) is 5.44. The summed E-state index contributed by atoms with van der Waals surface area (Å²) in [5.74, 6) is 0. The number of carbonyl (C=O) groups is 1. The van der Waals surface area contributed by atoms with E-state index in [1.54, 1.807) is 4.90 Å². The van der Waals surface area contributed by atoms with Crippen LogP contribution in [0.25, 0.3) is 0 Å². The Morgan fingerprint density at radius 1 is 1.12 bits per heavy atom. The van der Waals surface area contributed by atoms with Crippen LogP contribution in [0.5, 0.6) is 0 Å². The van der Waals surface area contributed by atoms with E-state index in [9.17, 15) is 9.90 Å². The second-order valence-corrected chi connectivity index (χ2v) is 7.09. The van der Waals surface area contributed by atoms with Crippen LogP contribution in [0.3, 0.4) is 0 Å². The highest BCUT2D eigenvalue weighted by atomic mass is 16.6. The van der Waals surface area contributed by atoms with Crippen LogP contribution in [0.4, 0.5) is 4.79 Å². The molecule has 0 radical (unpaired) electrons. The van der Waals surface area contributed by atoms with Gasteiger partial charge in [-0.25, -0.2) is 4.79 Å². The molecule has 0 saturated carbocycles. The lowest BCUT2D eigenvalue weighted by molar-refractivity contribution is 0.0578. The SMILES string of the molecule is CCOC(=O)N1CCN(CC(O)c2ccc3c(c2)CCCCC3)CC1. The van der Waals surface area contributed by atoms with Crippen molar-refractivity contribution in [1.82, 2.24) is 9.80 Å². The third kappa shape index (κ3) is 4.73. The van der Waals surface area contributed by atoms with Crippen molar-refractivity contribution in [2.24, 2.45) is 0 Å². The van der Waals surface area contributed by atoms with E-state index < -0.39 is 6.10 Å². The molecular formula is C20H30N2O3. The Morgan fingerprint density at radius 3 is 2.56 bits per heavy atom. The van der Waals surface area contributed by atoms with E-state index in [1.165, 1.54) is 36.8 Å². The van der Waals surface area contributed by atoms with E-state index in [0.717, 1.165) is 25.1 Å². The number of aliphatic hydroxyl groups excluding tert-OH is 1. The molecule has 5 nitrogen and oxygen atoms in total. The molecule has 138 valence electrons. The summed E-state index contributed by atoms with van der Waals surface area (Å²) in [6.45, 7) is 5.74. The van der Waals surface area contributed by atoms with E-state index in [-0.39, 0.29) is 6.09 Å². The molecule has 1 amide bonds. The third-order valence-corrected chi connectivity index (χ3v) is 5.34. The number of aryl methyl sites for hydroxylation is 2. The zero-order chi connectivity index (χ0) is 17.6. The summed E-state index contributed by atoms with van der Waals surface area (Å²) in [6, 6.07) is 6.50. The van der Waals surface area contributed by atoms with Gasteiger partial charge in [0.25, 0.3) is 0 Å². The van der Waals surface area contributed by atoms with Crippen molar-refractivity contribution in [3.05, 3.63) is 34.9 Å². The Bertz CT molecular complexity index is 582. The fraction of sp³-hybridized carbons (Fsp3) is 0.650. The molecule has 1 N–H and O–H groups in total. The molecule has 1 heterocycles. The van der Waals surface area contributed by atoms with E-state index in [0.29, 0.717) is 26.2 Å². The summed E-state index contributed by atoms with van der Waals surface area (Å²) in [5, 5.41) is 10.7. The first-order chi connectivity index (χ1) is 12.2. The van der Waals surface area contributed by atoms with Crippen molar-refractivity contribution in [2.45, 2.75) is 45.1 Å². The van der Waals surface area contributed by atoms with E-state index in [1.807, 2.05) is 6.92 Å². The second kappa shape index (κ2) is 8.68. The van der Waals surface area contributed by atoms with Gasteiger partial charge in [-0.05, 0) is 49.3 Å². The van der Waals surface area contributed by atoms with Crippen LogP contribution in [0.15, 0.2) is 18.2 Å². The Balaban J connectivity index is 1.54. The lowest BCUT2D eigenvalue weighted by Crippen LogP contribution is -2.49. The van der Waals surface area contributed by atoms with Crippen molar-refractivity contribution in [1.29, 1.82) is 0 Å². The molecule has 1 saturated heterocycles. The highest BCUT2D eigenvalue weighted by molar-refractivity contribution is 5.67. The van der Waals surface area contributed by atoms with Gasteiger partial charge in [-0.1, -0.05) is 24.6 Å². The zero-order valence-electron chi connectivity index (χ0n) is 15.2. The highest BCUT2D eigenvalue weighted by Crippen LogP contribution is 2.25. The van der Waals surface area contributed by atoms with Crippen molar-refractivity contribution in [3.63, 3.8) is 0 Å². The monoisotopic (exact) mass is 346 g/mol. The number of rotatable bonds is 4. The zero-order valence-corrected chi connectivity index (χ0v) is 15.2. The molecule has 1 aliphatic carbocycles. The molecule has 1 aromatic rings. The summed E-state index contributed by atoms with van der Waals surface area (Å²) in [4.78, 5) is 15.7. The minimum Gasteiger partial charge on any atom is -0.450 e. The van der Waals surface area contributed by atoms with Crippen LogP contribution in [0.1, 0.15) is 49.0 Å². The first-order valence-corrected chi connectivity index (χ1v) is 9.61. The van der Waals surface area contributed by atoms with Crippen LogP contribution in [0.2, 0.25) is 0 Å². The number of ether oxygens (including phenoxy) is 1. The molecular weight excluding hydrogens is 316 g/mol. The Kier molecular flexibility index (Phi) is 6.32. The number of β-amino-alcohol motifs (C(OH)–C–C–N with tert-alkyl or cyclic N) is 1. The Labute approximate surface area is 150 Å². The molecule has 1 aromatic carbocycles. The number of benzene rings is 1. The number of piperazine rings is 1. The molecule has 3 rings (SSSR count). The van der Waals surface area contributed by atoms with Crippen molar-refractivity contribution >= 4 is 6.09 Å². The number of carbonyl (C=O) groups excluding carboxylic acids is 1. The third-order valence-electron chi connectivity index (χ3n) is 5.34. The molecule has 0 aromatic heterocycles. The Hall–Kier alpha value is -1.59. The van der Waals surface area contributed by atoms with Gasteiger partial charge in [-0.3, -0.25) is 4.90 Å². The largest absolute Gasteiger partial charge is 0.450 e. The van der Waals surface area contributed by atoms with Crippen LogP contribution < -0.4 is 0 Å². The lowest BCUT2D eigenvalue weighted by atomic mass is 9.97. The van der Waals surface area contributed by atoms with Crippen LogP contribution >= 0.6 is 0 Å². The topological polar surface area (TPSA) is 53.0 Å². The van der Waals surface area contributed by atoms with Gasteiger partial charge in [-0.2, -0.15) is 0 Å². The van der Waals surface area contributed by atoms with Crippen LogP contribution in [-0.2, 0) is 17.6 Å². The minimum atomic E-state index is -0.470. The van der Waals surface area contributed by atoms with Gasteiger partial charge < -0.3 is 14.7 Å². The Morgan fingerprint density at radius 2 is 1.84 bits per heavy atom. The normalized spacial score (nSPS) is 19.8. The summed E-state index contributed by atoms with van der Waals surface area (Å²) < 4.78 is 5.05. The van der Waals surface area contributed by atoms with Gasteiger partial charge in [0.15, 0.2) is 0 Å². The number of nitrogens with zero attached hydrogens (tertiary/aromatic N) is 2. The summed E-state index contributed by atoms with van der Waals surface area (Å²) in [5.41, 5.74) is 3.89. The number of amides is 1. The second-order valence-electron chi connectivity index (χ2n) is 7.09. The molecule has 25 heavy (non-hydrogen) atoms. The van der Waals surface area contributed by atoms with Crippen LogP contribution in [0, 0.1) is 0 Å². The number of aliphatic hydroxyl groups is 1. The molecule has 0 bridgehead atoms. The smallest absolute Gasteiger partial charge is 0.409 e. The van der Waals surface area contributed by atoms with Gasteiger partial charge in [0.05, 0.1) is 12.7 Å². The number of fused-ring (bicyclic) bond motifs is 1. The quantitative estimate of drug-likeness (QED) is 0.852. The van der Waals surface area contributed by atoms with E-state index in [2.05, 4.69) is 23.1 Å². The fourth-order valence-electron chi connectivity index (χ4n) is 3.82. The highest BCUT2D eigenvalue weighted by Gasteiger charge is 2.24. The van der Waals surface area contributed by atoms with E-state index in [4.69, 9.17) is 4.74 Å². The maximum Gasteiger partial charge on any atom is 0.409 e. The van der Waals surface area contributed by atoms with Gasteiger partial charge >= 0.3 is 6.09 Å². The molecule has 1 fully saturated rings. The molecule has 0 spiro atoms. The molecule has 1 unspecified atom stereocenters. The molecule has 1 atom stereocenters. The van der Waals surface area contributed by atoms with E-state index >= 15 is 0 Å². The first-order valence-electron chi connectivity index (χ1n) is 9.61. The van der Waals surface area contributed by atoms with Gasteiger partial charge in [-0.15, -0.1) is 0 Å². The summed E-state index contributed by atoms with van der Waals surface area (Å²) >= 11 is 0. The number of hydrogen-bond acceptors (Lipinski definition) is 4. The molecule has 1 aliphatic heterocycles. The standard InChI is InChI=1S/C20H30N2O3/c1-2-25-20(24)22-12-10-21(11-13-22)15-19(23)18-9-8-16-6-4-3-5-7-17(16)14-18/h8-9,14,19,23H,2-7,10-13,15H2,1H3. The van der Waals surface area contributed by atoms with Crippen LogP contribution in [-0.4, -0.2) is 60.3 Å². The van der Waals surface area contributed by atoms with Gasteiger partial charge in [0, 0.05) is 32.7 Å². The predicted octanol–water partition coefficient (Wildman–Crippen LogP) is 2.76. The molecule has 5 heteroatoms. The summed E-state index contributed by atoms with van der Waals surface area (Å²) in [7, 11) is 0. The van der Waals surface area contributed by atoms with Gasteiger partial charge in [0.1, 0.15) is 0 Å². The maximum absolute atomic E-state index is 11.7. The predicted molar refractivity (Wildman–Crippen MR) is 97.7 cm³/mol. The fourth-order valence-corrected chi connectivity index (χ4v) is 3.82. The minimum absolute atomic E-state index is 0.228. The van der Waals surface area contributed by atoms with Crippen molar-refractivity contribution in [2.75, 3.05) is 39.3 Å². The van der Waals surface area contributed by atoms with Crippen molar-refractivity contribution in [3.8, 4) is 0 Å². The maximum atomic E-state index is 11.7. The average Bonchev–Trinajstić information content (AvgIpc) is 2.87.